The van der Waals surface area contributed by atoms with Crippen molar-refractivity contribution in [2.45, 2.75) is 13.1 Å². The summed E-state index contributed by atoms with van der Waals surface area (Å²) in [7, 11) is 0. The van der Waals surface area contributed by atoms with Gasteiger partial charge in [-0.1, -0.05) is 12.7 Å². The van der Waals surface area contributed by atoms with Gasteiger partial charge in [0.15, 0.2) is 0 Å². The number of alkyl halides is 3. The first-order chi connectivity index (χ1) is 5.38. The number of halogens is 3. The van der Waals surface area contributed by atoms with Gasteiger partial charge in [0.05, 0.1) is 0 Å². The van der Waals surface area contributed by atoms with Crippen molar-refractivity contribution < 1.29 is 13.2 Å². The van der Waals surface area contributed by atoms with Gasteiger partial charge in [-0.05, 0) is 19.1 Å². The lowest BCUT2D eigenvalue weighted by molar-refractivity contribution is -0.0878. The summed E-state index contributed by atoms with van der Waals surface area (Å²) in [5.74, 6) is 0. The van der Waals surface area contributed by atoms with E-state index in [9.17, 15) is 13.2 Å². The van der Waals surface area contributed by atoms with E-state index in [1.165, 1.54) is 6.08 Å². The molecular formula is C8H10F3N. The lowest BCUT2D eigenvalue weighted by atomic mass is 10.2. The number of allylic oxidation sites excluding steroid dienone is 4. The minimum Gasteiger partial charge on any atom is -0.399 e. The average molecular weight is 177 g/mol. The Bertz CT molecular complexity index is 223. The summed E-state index contributed by atoms with van der Waals surface area (Å²) in [4.78, 5) is 0. The molecule has 0 atom stereocenters. The minimum absolute atomic E-state index is 0.278. The van der Waals surface area contributed by atoms with Crippen molar-refractivity contribution in [3.8, 4) is 0 Å². The van der Waals surface area contributed by atoms with Crippen molar-refractivity contribution >= 4 is 0 Å². The zero-order valence-electron chi connectivity index (χ0n) is 6.65. The van der Waals surface area contributed by atoms with E-state index in [2.05, 4.69) is 6.58 Å². The highest BCUT2D eigenvalue weighted by Crippen LogP contribution is 2.24. The van der Waals surface area contributed by atoms with Crippen LogP contribution in [0.1, 0.15) is 6.92 Å². The molecule has 0 aliphatic heterocycles. The van der Waals surface area contributed by atoms with E-state index in [0.717, 1.165) is 12.2 Å². The number of hydrogen-bond acceptors (Lipinski definition) is 1. The van der Waals surface area contributed by atoms with Gasteiger partial charge < -0.3 is 5.73 Å². The predicted octanol–water partition coefficient (Wildman–Crippen LogP) is 2.52. The molecule has 0 saturated carbocycles. The van der Waals surface area contributed by atoms with Crippen LogP contribution >= 0.6 is 0 Å². The van der Waals surface area contributed by atoms with E-state index in [1.807, 2.05) is 0 Å². The maximum absolute atomic E-state index is 11.8. The van der Waals surface area contributed by atoms with Crippen molar-refractivity contribution in [1.82, 2.24) is 0 Å². The molecule has 68 valence electrons. The van der Waals surface area contributed by atoms with Gasteiger partial charge in [0, 0.05) is 11.3 Å². The Morgan fingerprint density at radius 3 is 2.17 bits per heavy atom. The fourth-order valence-corrected chi connectivity index (χ4v) is 0.388. The van der Waals surface area contributed by atoms with Crippen LogP contribution in [-0.4, -0.2) is 6.18 Å². The molecule has 12 heavy (non-hydrogen) atoms. The highest BCUT2D eigenvalue weighted by atomic mass is 19.4. The second-order valence-corrected chi connectivity index (χ2v) is 2.15. The molecule has 0 heterocycles. The van der Waals surface area contributed by atoms with Crippen LogP contribution in [0, 0.1) is 0 Å². The Hall–Kier alpha value is -1.19. The second-order valence-electron chi connectivity index (χ2n) is 2.15. The SMILES string of the molecule is C=C(/C=C\C(N)=C/C)C(F)(F)F. The molecule has 0 spiro atoms. The molecule has 2 N–H and O–H groups in total. The maximum atomic E-state index is 11.8. The molecular weight excluding hydrogens is 167 g/mol. The van der Waals surface area contributed by atoms with Crippen LogP contribution in [0.3, 0.4) is 0 Å². The number of nitrogens with two attached hydrogens (primary N) is 1. The number of hydrogen-bond donors (Lipinski definition) is 1. The molecule has 0 saturated heterocycles. The van der Waals surface area contributed by atoms with E-state index in [0.29, 0.717) is 0 Å². The summed E-state index contributed by atoms with van der Waals surface area (Å²) in [5, 5.41) is 0. The molecule has 0 aromatic heterocycles. The quantitative estimate of drug-likeness (QED) is 0.644. The molecule has 1 nitrogen and oxygen atoms in total. The third-order valence-electron chi connectivity index (χ3n) is 1.17. The molecule has 0 aliphatic rings. The average Bonchev–Trinajstić information content (AvgIpc) is 1.97. The third-order valence-corrected chi connectivity index (χ3v) is 1.17. The van der Waals surface area contributed by atoms with Crippen LogP contribution < -0.4 is 5.73 Å². The van der Waals surface area contributed by atoms with Gasteiger partial charge >= 0.3 is 6.18 Å². The van der Waals surface area contributed by atoms with Crippen molar-refractivity contribution in [3.05, 3.63) is 36.1 Å². The fourth-order valence-electron chi connectivity index (χ4n) is 0.388. The summed E-state index contributed by atoms with van der Waals surface area (Å²) in [5.41, 5.74) is 4.60. The fraction of sp³-hybridized carbons (Fsp3) is 0.250. The first-order valence-corrected chi connectivity index (χ1v) is 3.24. The summed E-state index contributed by atoms with van der Waals surface area (Å²) >= 11 is 0. The Balaban J connectivity index is 4.29. The molecule has 0 amide bonds. The maximum Gasteiger partial charge on any atom is 0.415 e. The van der Waals surface area contributed by atoms with Crippen LogP contribution in [0.25, 0.3) is 0 Å². The summed E-state index contributed by atoms with van der Waals surface area (Å²) in [6, 6.07) is 0. The van der Waals surface area contributed by atoms with Crippen LogP contribution in [0.5, 0.6) is 0 Å². The topological polar surface area (TPSA) is 26.0 Å². The lowest BCUT2D eigenvalue weighted by Gasteiger charge is -2.04. The minimum atomic E-state index is -4.37. The van der Waals surface area contributed by atoms with Gasteiger partial charge in [-0.25, -0.2) is 0 Å². The lowest BCUT2D eigenvalue weighted by Crippen LogP contribution is -2.08. The molecule has 0 aromatic carbocycles. The Kier molecular flexibility index (Phi) is 3.60. The summed E-state index contributed by atoms with van der Waals surface area (Å²) < 4.78 is 35.4. The van der Waals surface area contributed by atoms with E-state index in [1.54, 1.807) is 6.92 Å². The van der Waals surface area contributed by atoms with Crippen molar-refractivity contribution in [3.63, 3.8) is 0 Å². The van der Waals surface area contributed by atoms with Crippen molar-refractivity contribution in [1.29, 1.82) is 0 Å². The predicted molar refractivity (Wildman–Crippen MR) is 42.3 cm³/mol. The molecule has 0 unspecified atom stereocenters. The van der Waals surface area contributed by atoms with Crippen LogP contribution in [0.4, 0.5) is 13.2 Å². The van der Waals surface area contributed by atoms with Gasteiger partial charge in [-0.2, -0.15) is 13.2 Å². The first-order valence-electron chi connectivity index (χ1n) is 3.24. The molecule has 0 aliphatic carbocycles. The molecule has 0 bridgehead atoms. The van der Waals surface area contributed by atoms with Crippen molar-refractivity contribution in [2.75, 3.05) is 0 Å². The highest BCUT2D eigenvalue weighted by molar-refractivity contribution is 5.26. The third kappa shape index (κ3) is 3.85. The molecule has 0 rings (SSSR count). The molecule has 4 heteroatoms. The van der Waals surface area contributed by atoms with E-state index in [4.69, 9.17) is 5.73 Å². The Morgan fingerprint density at radius 2 is 1.83 bits per heavy atom. The van der Waals surface area contributed by atoms with Crippen LogP contribution in [0.15, 0.2) is 36.1 Å². The first kappa shape index (κ1) is 10.8. The molecule has 0 radical (unpaired) electrons. The smallest absolute Gasteiger partial charge is 0.399 e. The van der Waals surface area contributed by atoms with Gasteiger partial charge in [0.25, 0.3) is 0 Å². The normalized spacial score (nSPS) is 13.8. The van der Waals surface area contributed by atoms with Gasteiger partial charge in [-0.15, -0.1) is 0 Å². The Morgan fingerprint density at radius 1 is 1.33 bits per heavy atom. The van der Waals surface area contributed by atoms with E-state index >= 15 is 0 Å². The van der Waals surface area contributed by atoms with E-state index in [-0.39, 0.29) is 5.70 Å². The Labute approximate surface area is 69.1 Å². The van der Waals surface area contributed by atoms with Gasteiger partial charge in [0.2, 0.25) is 0 Å². The van der Waals surface area contributed by atoms with Crippen molar-refractivity contribution in [2.24, 2.45) is 5.73 Å². The summed E-state index contributed by atoms with van der Waals surface area (Å²) in [6.07, 6.45) is -0.865. The molecule has 0 aromatic rings. The second kappa shape index (κ2) is 3.99. The zero-order valence-corrected chi connectivity index (χ0v) is 6.65. The van der Waals surface area contributed by atoms with E-state index < -0.39 is 11.7 Å². The highest BCUT2D eigenvalue weighted by Gasteiger charge is 2.29. The molecule has 0 fully saturated rings. The number of rotatable bonds is 2. The zero-order chi connectivity index (χ0) is 9.78. The van der Waals surface area contributed by atoms with Gasteiger partial charge in [0.1, 0.15) is 0 Å². The summed E-state index contributed by atoms with van der Waals surface area (Å²) in [6.45, 7) is 4.47. The largest absolute Gasteiger partial charge is 0.415 e. The standard InChI is InChI=1S/C8H10F3N/c1-3-7(12)5-4-6(2)8(9,10)11/h3-5H,2,12H2,1H3/b5-4-,7-3+. The monoisotopic (exact) mass is 177 g/mol. The van der Waals surface area contributed by atoms with Crippen LogP contribution in [0.2, 0.25) is 0 Å². The van der Waals surface area contributed by atoms with Gasteiger partial charge in [-0.3, -0.25) is 0 Å². The van der Waals surface area contributed by atoms with Crippen LogP contribution in [-0.2, 0) is 0 Å².